The Labute approximate surface area is 90.1 Å². The van der Waals surface area contributed by atoms with Crippen LogP contribution in [0.2, 0.25) is 0 Å². The predicted molar refractivity (Wildman–Crippen MR) is 64.3 cm³/mol. The smallest absolute Gasteiger partial charge is 0.0794 e. The summed E-state index contributed by atoms with van der Waals surface area (Å²) in [4.78, 5) is 0. The molecule has 0 atom stereocenters. The van der Waals surface area contributed by atoms with E-state index in [2.05, 4.69) is 21.0 Å². The Balaban J connectivity index is 3.35. The van der Waals surface area contributed by atoms with Crippen LogP contribution in [0, 0.1) is 0 Å². The maximum Gasteiger partial charge on any atom is 0.0794 e. The van der Waals surface area contributed by atoms with Crippen LogP contribution in [0.5, 0.6) is 0 Å². The summed E-state index contributed by atoms with van der Waals surface area (Å²) in [5, 5.41) is 0. The van der Waals surface area contributed by atoms with Crippen LogP contribution in [0.4, 0.5) is 0 Å². The number of hydrogen-bond acceptors (Lipinski definition) is 1. The molecule has 2 heteroatoms. The fourth-order valence-corrected chi connectivity index (χ4v) is 1.77. The molecule has 0 aromatic rings. The predicted octanol–water partition coefficient (Wildman–Crippen LogP) is 2.38. The molecule has 0 amide bonds. The lowest BCUT2D eigenvalue weighted by Gasteiger charge is -2.29. The second-order valence-electron chi connectivity index (χ2n) is 4.94. The summed E-state index contributed by atoms with van der Waals surface area (Å²) in [7, 11) is 4.63. The molecule has 14 heavy (non-hydrogen) atoms. The lowest BCUT2D eigenvalue weighted by atomic mass is 10.1. The van der Waals surface area contributed by atoms with E-state index in [0.29, 0.717) is 0 Å². The molecule has 0 bridgehead atoms. The third kappa shape index (κ3) is 8.52. The van der Waals surface area contributed by atoms with E-state index in [1.807, 2.05) is 0 Å². The maximum atomic E-state index is 5.52. The second kappa shape index (κ2) is 8.25. The highest BCUT2D eigenvalue weighted by Crippen LogP contribution is 2.07. The largest absolute Gasteiger partial charge is 0.330 e. The van der Waals surface area contributed by atoms with E-state index in [1.54, 1.807) is 0 Å². The molecular formula is C12H29N2+. The molecular weight excluding hydrogens is 172 g/mol. The van der Waals surface area contributed by atoms with Gasteiger partial charge in [-0.2, -0.15) is 0 Å². The van der Waals surface area contributed by atoms with Gasteiger partial charge in [-0.25, -0.2) is 0 Å². The van der Waals surface area contributed by atoms with Crippen molar-refractivity contribution in [2.24, 2.45) is 5.73 Å². The third-order valence-electron chi connectivity index (χ3n) is 2.83. The molecule has 0 heterocycles. The van der Waals surface area contributed by atoms with E-state index in [4.69, 9.17) is 5.73 Å². The maximum absolute atomic E-state index is 5.52. The molecule has 0 aliphatic carbocycles. The zero-order chi connectivity index (χ0) is 10.9. The molecule has 0 aromatic carbocycles. The van der Waals surface area contributed by atoms with Crippen LogP contribution < -0.4 is 5.73 Å². The fourth-order valence-electron chi connectivity index (χ4n) is 1.77. The average molecular weight is 201 g/mol. The van der Waals surface area contributed by atoms with Gasteiger partial charge in [-0.1, -0.05) is 26.2 Å². The van der Waals surface area contributed by atoms with Crippen LogP contribution >= 0.6 is 0 Å². The molecule has 86 valence electrons. The molecule has 0 aromatic heterocycles. The number of quaternary nitrogens is 1. The van der Waals surface area contributed by atoms with Crippen molar-refractivity contribution >= 4 is 0 Å². The van der Waals surface area contributed by atoms with Crippen LogP contribution in [-0.2, 0) is 0 Å². The Bertz CT molecular complexity index is 121. The van der Waals surface area contributed by atoms with Crippen LogP contribution in [0.3, 0.4) is 0 Å². The van der Waals surface area contributed by atoms with Gasteiger partial charge in [0, 0.05) is 6.42 Å². The second-order valence-corrected chi connectivity index (χ2v) is 4.94. The number of nitrogens with zero attached hydrogens (tertiary/aromatic N) is 1. The van der Waals surface area contributed by atoms with Gasteiger partial charge in [-0.3, -0.25) is 0 Å². The molecule has 2 N–H and O–H groups in total. The van der Waals surface area contributed by atoms with E-state index < -0.39 is 0 Å². The van der Waals surface area contributed by atoms with Crippen molar-refractivity contribution in [1.29, 1.82) is 0 Å². The Kier molecular flexibility index (Phi) is 8.20. The van der Waals surface area contributed by atoms with Crippen molar-refractivity contribution in [3.63, 3.8) is 0 Å². The average Bonchev–Trinajstić information content (AvgIpc) is 2.15. The highest BCUT2D eigenvalue weighted by Gasteiger charge is 2.12. The monoisotopic (exact) mass is 201 g/mol. The first-order valence-corrected chi connectivity index (χ1v) is 6.14. The Hall–Kier alpha value is -0.0800. The summed E-state index contributed by atoms with van der Waals surface area (Å²) in [6.07, 6.45) is 8.08. The van der Waals surface area contributed by atoms with Crippen molar-refractivity contribution in [1.82, 2.24) is 0 Å². The molecule has 0 aliphatic heterocycles. The third-order valence-corrected chi connectivity index (χ3v) is 2.83. The molecule has 0 saturated heterocycles. The Morgan fingerprint density at radius 3 is 2.00 bits per heavy atom. The normalized spacial score (nSPS) is 12.0. The lowest BCUT2D eigenvalue weighted by Crippen LogP contribution is -2.41. The van der Waals surface area contributed by atoms with E-state index in [9.17, 15) is 0 Å². The van der Waals surface area contributed by atoms with Gasteiger partial charge in [-0.15, -0.1) is 0 Å². The summed E-state index contributed by atoms with van der Waals surface area (Å²) in [6, 6.07) is 0. The summed E-state index contributed by atoms with van der Waals surface area (Å²) < 4.78 is 1.14. The van der Waals surface area contributed by atoms with E-state index >= 15 is 0 Å². The van der Waals surface area contributed by atoms with Crippen molar-refractivity contribution in [2.45, 2.75) is 45.4 Å². The topological polar surface area (TPSA) is 26.0 Å². The quantitative estimate of drug-likeness (QED) is 0.450. The van der Waals surface area contributed by atoms with Crippen LogP contribution in [0.25, 0.3) is 0 Å². The van der Waals surface area contributed by atoms with Crippen LogP contribution in [-0.4, -0.2) is 38.2 Å². The molecule has 0 radical (unpaired) electrons. The number of nitrogens with two attached hydrogens (primary N) is 1. The Morgan fingerprint density at radius 1 is 0.857 bits per heavy atom. The van der Waals surface area contributed by atoms with Gasteiger partial charge < -0.3 is 10.2 Å². The minimum absolute atomic E-state index is 0.831. The zero-order valence-corrected chi connectivity index (χ0v) is 10.4. The zero-order valence-electron chi connectivity index (χ0n) is 10.4. The van der Waals surface area contributed by atoms with Gasteiger partial charge in [0.15, 0.2) is 0 Å². The summed E-state index contributed by atoms with van der Waals surface area (Å²) in [5.41, 5.74) is 5.52. The first kappa shape index (κ1) is 13.9. The van der Waals surface area contributed by atoms with E-state index in [-0.39, 0.29) is 0 Å². The number of hydrogen-bond donors (Lipinski definition) is 1. The van der Waals surface area contributed by atoms with Gasteiger partial charge >= 0.3 is 0 Å². The standard InChI is InChI=1S/C12H29N2/c1-4-5-6-7-8-11-14(2,3)12-9-10-13/h4-13H2,1-3H3/q+1. The van der Waals surface area contributed by atoms with E-state index in [1.165, 1.54) is 45.2 Å². The first-order valence-electron chi connectivity index (χ1n) is 6.14. The summed E-state index contributed by atoms with van der Waals surface area (Å²) in [6.45, 7) is 5.63. The summed E-state index contributed by atoms with van der Waals surface area (Å²) >= 11 is 0. The van der Waals surface area contributed by atoms with Crippen LogP contribution in [0.15, 0.2) is 0 Å². The van der Waals surface area contributed by atoms with Crippen molar-refractivity contribution < 1.29 is 4.48 Å². The Morgan fingerprint density at radius 2 is 1.43 bits per heavy atom. The van der Waals surface area contributed by atoms with E-state index in [0.717, 1.165) is 17.4 Å². The highest BCUT2D eigenvalue weighted by molar-refractivity contribution is 4.44. The van der Waals surface area contributed by atoms with Gasteiger partial charge in [-0.05, 0) is 19.4 Å². The molecule has 0 saturated carbocycles. The van der Waals surface area contributed by atoms with Crippen LogP contribution in [0.1, 0.15) is 45.4 Å². The van der Waals surface area contributed by atoms with Gasteiger partial charge in [0.25, 0.3) is 0 Å². The molecule has 0 spiro atoms. The SMILES string of the molecule is CCCCCCC[N+](C)(C)CCCN. The number of unbranched alkanes of at least 4 members (excludes halogenated alkanes) is 4. The van der Waals surface area contributed by atoms with Gasteiger partial charge in [0.05, 0.1) is 27.2 Å². The number of rotatable bonds is 9. The first-order chi connectivity index (χ1) is 6.62. The minimum Gasteiger partial charge on any atom is -0.330 e. The molecule has 0 fully saturated rings. The fraction of sp³-hybridized carbons (Fsp3) is 1.00. The summed E-state index contributed by atoms with van der Waals surface area (Å²) in [5.74, 6) is 0. The van der Waals surface area contributed by atoms with Crippen molar-refractivity contribution in [3.05, 3.63) is 0 Å². The lowest BCUT2D eigenvalue weighted by molar-refractivity contribution is -0.890. The molecule has 0 aliphatic rings. The van der Waals surface area contributed by atoms with Crippen molar-refractivity contribution in [3.8, 4) is 0 Å². The van der Waals surface area contributed by atoms with Crippen molar-refractivity contribution in [2.75, 3.05) is 33.7 Å². The molecule has 0 rings (SSSR count). The minimum atomic E-state index is 0.831. The highest BCUT2D eigenvalue weighted by atomic mass is 15.3. The molecule has 2 nitrogen and oxygen atoms in total. The molecule has 0 unspecified atom stereocenters. The van der Waals surface area contributed by atoms with Gasteiger partial charge in [0.1, 0.15) is 0 Å². The van der Waals surface area contributed by atoms with Gasteiger partial charge in [0.2, 0.25) is 0 Å².